The highest BCUT2D eigenvalue weighted by Crippen LogP contribution is 2.38. The third-order valence-corrected chi connectivity index (χ3v) is 6.95. The van der Waals surface area contributed by atoms with Gasteiger partial charge in [-0.25, -0.2) is 4.39 Å². The standard InChI is InChI=1S/C27H34F2O3/c1-3-5-18-6-8-19(9-7-18)20-10-12-21(13-11-20)22-16-31-27(32-17-22)23-14-15-24(30-4-2)26(29)25(23)28/h10-15,18-19,22,27H,3-9,16-17H2,1-2H3. The maximum absolute atomic E-state index is 14.5. The molecule has 5 heteroatoms. The Balaban J connectivity index is 1.33. The number of benzene rings is 2. The van der Waals surface area contributed by atoms with Crippen LogP contribution in [-0.2, 0) is 9.47 Å². The molecule has 0 N–H and O–H groups in total. The summed E-state index contributed by atoms with van der Waals surface area (Å²) in [5, 5.41) is 0. The van der Waals surface area contributed by atoms with Crippen molar-refractivity contribution in [3.8, 4) is 5.75 Å². The topological polar surface area (TPSA) is 27.7 Å². The summed E-state index contributed by atoms with van der Waals surface area (Å²) in [5.41, 5.74) is 2.65. The average Bonchev–Trinajstić information content (AvgIpc) is 2.83. The number of halogens is 2. The molecule has 2 aromatic rings. The molecule has 0 amide bonds. The molecule has 3 nitrogen and oxygen atoms in total. The van der Waals surface area contributed by atoms with Gasteiger partial charge < -0.3 is 14.2 Å². The molecule has 4 rings (SSSR count). The van der Waals surface area contributed by atoms with Gasteiger partial charge >= 0.3 is 0 Å². The summed E-state index contributed by atoms with van der Waals surface area (Å²) in [6, 6.07) is 11.7. The molecule has 0 atom stereocenters. The van der Waals surface area contributed by atoms with Gasteiger partial charge in [0.15, 0.2) is 17.9 Å². The summed E-state index contributed by atoms with van der Waals surface area (Å²) in [7, 11) is 0. The number of rotatable bonds is 7. The summed E-state index contributed by atoms with van der Waals surface area (Å²) in [6.07, 6.45) is 6.99. The van der Waals surface area contributed by atoms with Gasteiger partial charge in [0.2, 0.25) is 5.82 Å². The minimum Gasteiger partial charge on any atom is -0.491 e. The highest BCUT2D eigenvalue weighted by Gasteiger charge is 2.29. The zero-order chi connectivity index (χ0) is 22.5. The van der Waals surface area contributed by atoms with E-state index in [0.717, 1.165) is 11.5 Å². The van der Waals surface area contributed by atoms with E-state index in [2.05, 4.69) is 31.2 Å². The molecular formula is C27H34F2O3. The van der Waals surface area contributed by atoms with E-state index < -0.39 is 17.9 Å². The van der Waals surface area contributed by atoms with E-state index in [-0.39, 0.29) is 23.8 Å². The van der Waals surface area contributed by atoms with Crippen LogP contribution in [0.2, 0.25) is 0 Å². The lowest BCUT2D eigenvalue weighted by molar-refractivity contribution is -0.193. The molecule has 32 heavy (non-hydrogen) atoms. The first-order valence-electron chi connectivity index (χ1n) is 12.0. The Hall–Kier alpha value is -1.98. The van der Waals surface area contributed by atoms with Crippen molar-refractivity contribution in [2.45, 2.75) is 70.5 Å². The highest BCUT2D eigenvalue weighted by atomic mass is 19.2. The van der Waals surface area contributed by atoms with Gasteiger partial charge in [-0.2, -0.15) is 4.39 Å². The van der Waals surface area contributed by atoms with Crippen LogP contribution in [0.1, 0.15) is 87.2 Å². The van der Waals surface area contributed by atoms with Crippen LogP contribution in [0.4, 0.5) is 8.78 Å². The van der Waals surface area contributed by atoms with E-state index in [1.54, 1.807) is 6.92 Å². The van der Waals surface area contributed by atoms with Crippen LogP contribution in [0.15, 0.2) is 36.4 Å². The average molecular weight is 445 g/mol. The fourth-order valence-corrected chi connectivity index (χ4v) is 5.10. The zero-order valence-corrected chi connectivity index (χ0v) is 19.1. The molecule has 174 valence electrons. The fraction of sp³-hybridized carbons (Fsp3) is 0.556. The molecule has 0 unspecified atom stereocenters. The predicted molar refractivity (Wildman–Crippen MR) is 121 cm³/mol. The minimum absolute atomic E-state index is 0.0680. The molecule has 2 aliphatic rings. The van der Waals surface area contributed by atoms with Crippen molar-refractivity contribution >= 4 is 0 Å². The Morgan fingerprint density at radius 3 is 2.03 bits per heavy atom. The summed E-state index contributed by atoms with van der Waals surface area (Å²) in [6.45, 7) is 5.08. The lowest BCUT2D eigenvalue weighted by Gasteiger charge is -2.31. The Morgan fingerprint density at radius 2 is 1.44 bits per heavy atom. The molecule has 2 fully saturated rings. The molecule has 0 spiro atoms. The van der Waals surface area contributed by atoms with Gasteiger partial charge in [0.05, 0.1) is 19.8 Å². The third kappa shape index (κ3) is 5.15. The lowest BCUT2D eigenvalue weighted by Crippen LogP contribution is -2.26. The Kier molecular flexibility index (Phi) is 7.80. The smallest absolute Gasteiger partial charge is 0.201 e. The third-order valence-electron chi connectivity index (χ3n) is 6.95. The molecule has 1 aliphatic carbocycles. The number of hydrogen-bond acceptors (Lipinski definition) is 3. The monoisotopic (exact) mass is 444 g/mol. The summed E-state index contributed by atoms with van der Waals surface area (Å²) < 4.78 is 45.3. The normalized spacial score (nSPS) is 26.1. The molecule has 1 aliphatic heterocycles. The maximum atomic E-state index is 14.5. The first-order chi connectivity index (χ1) is 15.6. The predicted octanol–water partition coefficient (Wildman–Crippen LogP) is 7.27. The second kappa shape index (κ2) is 10.8. The first-order valence-corrected chi connectivity index (χ1v) is 12.0. The van der Waals surface area contributed by atoms with Crippen LogP contribution >= 0.6 is 0 Å². The number of ether oxygens (including phenoxy) is 3. The van der Waals surface area contributed by atoms with Crippen molar-refractivity contribution < 1.29 is 23.0 Å². The minimum atomic E-state index is -1.00. The Morgan fingerprint density at radius 1 is 0.812 bits per heavy atom. The van der Waals surface area contributed by atoms with Crippen molar-refractivity contribution in [2.24, 2.45) is 5.92 Å². The van der Waals surface area contributed by atoms with Crippen LogP contribution in [-0.4, -0.2) is 19.8 Å². The quantitative estimate of drug-likeness (QED) is 0.450. The molecule has 0 bridgehead atoms. The van der Waals surface area contributed by atoms with Gasteiger partial charge in [0.1, 0.15) is 0 Å². The van der Waals surface area contributed by atoms with Crippen LogP contribution in [0.5, 0.6) is 5.75 Å². The second-order valence-corrected chi connectivity index (χ2v) is 9.08. The van der Waals surface area contributed by atoms with Gasteiger partial charge in [0.25, 0.3) is 0 Å². The highest BCUT2D eigenvalue weighted by molar-refractivity contribution is 5.32. The first kappa shape index (κ1) is 23.2. The van der Waals surface area contributed by atoms with E-state index in [9.17, 15) is 8.78 Å². The summed E-state index contributed by atoms with van der Waals surface area (Å²) in [4.78, 5) is 0. The van der Waals surface area contributed by atoms with Gasteiger partial charge in [-0.1, -0.05) is 44.0 Å². The van der Waals surface area contributed by atoms with Gasteiger partial charge in [-0.15, -0.1) is 0 Å². The molecule has 1 saturated carbocycles. The van der Waals surface area contributed by atoms with Crippen molar-refractivity contribution in [3.63, 3.8) is 0 Å². The van der Waals surface area contributed by atoms with Crippen molar-refractivity contribution in [3.05, 3.63) is 64.7 Å². The largest absolute Gasteiger partial charge is 0.491 e. The van der Waals surface area contributed by atoms with E-state index in [1.165, 1.54) is 56.2 Å². The van der Waals surface area contributed by atoms with Crippen molar-refractivity contribution in [1.29, 1.82) is 0 Å². The summed E-state index contributed by atoms with van der Waals surface area (Å²) in [5.74, 6) is -0.417. The van der Waals surface area contributed by atoms with Gasteiger partial charge in [-0.3, -0.25) is 0 Å². The van der Waals surface area contributed by atoms with Crippen LogP contribution in [0, 0.1) is 17.6 Å². The zero-order valence-electron chi connectivity index (χ0n) is 19.1. The Labute approximate surface area is 190 Å². The SMILES string of the molecule is CCCC1CCC(c2ccc(C3COC(c4ccc(OCC)c(F)c4F)OC3)cc2)CC1. The summed E-state index contributed by atoms with van der Waals surface area (Å²) >= 11 is 0. The van der Waals surface area contributed by atoms with E-state index >= 15 is 0 Å². The molecule has 2 aromatic carbocycles. The van der Waals surface area contributed by atoms with Crippen LogP contribution in [0.3, 0.4) is 0 Å². The molecule has 1 saturated heterocycles. The number of hydrogen-bond donors (Lipinski definition) is 0. The molecule has 0 aromatic heterocycles. The fourth-order valence-electron chi connectivity index (χ4n) is 5.10. The van der Waals surface area contributed by atoms with Crippen LogP contribution < -0.4 is 4.74 Å². The van der Waals surface area contributed by atoms with Gasteiger partial charge in [0, 0.05) is 11.5 Å². The van der Waals surface area contributed by atoms with E-state index in [1.807, 2.05) is 0 Å². The second-order valence-electron chi connectivity index (χ2n) is 9.08. The maximum Gasteiger partial charge on any atom is 0.201 e. The van der Waals surface area contributed by atoms with E-state index in [4.69, 9.17) is 14.2 Å². The van der Waals surface area contributed by atoms with Crippen LogP contribution in [0.25, 0.3) is 0 Å². The molecule has 1 heterocycles. The van der Waals surface area contributed by atoms with E-state index in [0.29, 0.717) is 19.1 Å². The molecular weight excluding hydrogens is 410 g/mol. The van der Waals surface area contributed by atoms with Crippen molar-refractivity contribution in [1.82, 2.24) is 0 Å². The molecule has 0 radical (unpaired) electrons. The Bertz CT molecular complexity index is 867. The lowest BCUT2D eigenvalue weighted by atomic mass is 9.77. The van der Waals surface area contributed by atoms with Gasteiger partial charge in [-0.05, 0) is 67.7 Å². The van der Waals surface area contributed by atoms with Crippen molar-refractivity contribution in [2.75, 3.05) is 19.8 Å².